The average Bonchev–Trinajstić information content (AvgIpc) is 2.18. The maximum absolute atomic E-state index is 10.8. The molecule has 0 spiro atoms. The zero-order valence-electron chi connectivity index (χ0n) is 7.47. The molecule has 0 aliphatic carbocycles. The summed E-state index contributed by atoms with van der Waals surface area (Å²) in [4.78, 5) is 10.8. The van der Waals surface area contributed by atoms with Gasteiger partial charge in [0.1, 0.15) is 11.3 Å². The van der Waals surface area contributed by atoms with E-state index < -0.39 is 5.97 Å². The minimum absolute atomic E-state index is 0.0323. The summed E-state index contributed by atoms with van der Waals surface area (Å²) in [5.74, 6) is -0.817. The number of nitrogens with zero attached hydrogens (tertiary/aromatic N) is 1. The van der Waals surface area contributed by atoms with Crippen molar-refractivity contribution in [3.05, 3.63) is 29.3 Å². The Balaban J connectivity index is 3.20. The fourth-order valence-corrected chi connectivity index (χ4v) is 1.04. The van der Waals surface area contributed by atoms with Crippen LogP contribution < -0.4 is 4.74 Å². The van der Waals surface area contributed by atoms with Gasteiger partial charge in [-0.1, -0.05) is 5.16 Å². The minimum atomic E-state index is -1.09. The molecule has 0 atom stereocenters. The van der Waals surface area contributed by atoms with Crippen molar-refractivity contribution in [2.45, 2.75) is 0 Å². The van der Waals surface area contributed by atoms with Crippen LogP contribution in [0.3, 0.4) is 0 Å². The molecule has 1 rings (SSSR count). The number of carboxylic acids is 1. The molecule has 0 aromatic heterocycles. The Morgan fingerprint density at radius 1 is 1.57 bits per heavy atom. The number of carbonyl (C=O) groups is 1. The molecule has 0 unspecified atom stereocenters. The van der Waals surface area contributed by atoms with Gasteiger partial charge in [-0.2, -0.15) is 0 Å². The van der Waals surface area contributed by atoms with Crippen molar-refractivity contribution in [1.29, 1.82) is 0 Å². The van der Waals surface area contributed by atoms with Gasteiger partial charge in [-0.3, -0.25) is 0 Å². The van der Waals surface area contributed by atoms with Gasteiger partial charge in [-0.05, 0) is 23.8 Å². The molecule has 0 heterocycles. The summed E-state index contributed by atoms with van der Waals surface area (Å²) in [6.45, 7) is 0. The fraction of sp³-hybridized carbons (Fsp3) is 0.111. The first-order valence-electron chi connectivity index (χ1n) is 3.78. The Hall–Kier alpha value is -2.04. The van der Waals surface area contributed by atoms with E-state index in [4.69, 9.17) is 15.1 Å². The molecule has 74 valence electrons. The lowest BCUT2D eigenvalue weighted by molar-refractivity contribution is 0.0693. The van der Waals surface area contributed by atoms with Crippen LogP contribution in [0.4, 0.5) is 0 Å². The van der Waals surface area contributed by atoms with Gasteiger partial charge in [-0.25, -0.2) is 4.79 Å². The summed E-state index contributed by atoms with van der Waals surface area (Å²) < 4.78 is 4.85. The van der Waals surface area contributed by atoms with Crippen LogP contribution in [0.1, 0.15) is 15.9 Å². The highest BCUT2D eigenvalue weighted by Crippen LogP contribution is 2.18. The van der Waals surface area contributed by atoms with Crippen LogP contribution in [0.25, 0.3) is 0 Å². The number of hydrogen-bond acceptors (Lipinski definition) is 4. The monoisotopic (exact) mass is 195 g/mol. The summed E-state index contributed by atoms with van der Waals surface area (Å²) >= 11 is 0. The van der Waals surface area contributed by atoms with Crippen LogP contribution in [0.5, 0.6) is 5.75 Å². The Labute approximate surface area is 80.2 Å². The van der Waals surface area contributed by atoms with Crippen LogP contribution in [0.2, 0.25) is 0 Å². The highest BCUT2D eigenvalue weighted by Gasteiger charge is 2.10. The highest BCUT2D eigenvalue weighted by atomic mass is 16.5. The number of methoxy groups -OCH3 is 1. The first-order chi connectivity index (χ1) is 6.69. The highest BCUT2D eigenvalue weighted by molar-refractivity contribution is 5.93. The minimum Gasteiger partial charge on any atom is -0.496 e. The number of carboxylic acid groups (broad SMARTS) is 1. The molecular weight excluding hydrogens is 186 g/mol. The topological polar surface area (TPSA) is 79.1 Å². The number of rotatable bonds is 3. The van der Waals surface area contributed by atoms with Crippen LogP contribution in [-0.4, -0.2) is 29.6 Å². The molecule has 14 heavy (non-hydrogen) atoms. The third-order valence-corrected chi connectivity index (χ3v) is 1.66. The predicted molar refractivity (Wildman–Crippen MR) is 49.3 cm³/mol. The normalized spacial score (nSPS) is 10.4. The van der Waals surface area contributed by atoms with E-state index in [-0.39, 0.29) is 11.3 Å². The van der Waals surface area contributed by atoms with E-state index in [1.165, 1.54) is 19.2 Å². The van der Waals surface area contributed by atoms with Gasteiger partial charge in [0.25, 0.3) is 0 Å². The third-order valence-electron chi connectivity index (χ3n) is 1.66. The molecular formula is C9H9NO4. The molecule has 1 aromatic rings. The Kier molecular flexibility index (Phi) is 3.06. The number of oxime groups is 1. The second kappa shape index (κ2) is 4.27. The zero-order valence-corrected chi connectivity index (χ0v) is 7.47. The largest absolute Gasteiger partial charge is 0.496 e. The van der Waals surface area contributed by atoms with E-state index in [0.29, 0.717) is 5.56 Å². The van der Waals surface area contributed by atoms with Crippen molar-refractivity contribution in [3.63, 3.8) is 0 Å². The smallest absolute Gasteiger partial charge is 0.339 e. The quantitative estimate of drug-likeness (QED) is 0.431. The number of hydrogen-bond donors (Lipinski definition) is 2. The Morgan fingerprint density at radius 3 is 2.79 bits per heavy atom. The van der Waals surface area contributed by atoms with Crippen molar-refractivity contribution >= 4 is 12.2 Å². The van der Waals surface area contributed by atoms with Crippen molar-refractivity contribution in [2.24, 2.45) is 5.16 Å². The second-order valence-electron chi connectivity index (χ2n) is 2.51. The van der Waals surface area contributed by atoms with E-state index in [0.717, 1.165) is 6.21 Å². The third kappa shape index (κ3) is 2.01. The second-order valence-corrected chi connectivity index (χ2v) is 2.51. The van der Waals surface area contributed by atoms with E-state index >= 15 is 0 Å². The van der Waals surface area contributed by atoms with Crippen molar-refractivity contribution in [2.75, 3.05) is 7.11 Å². The van der Waals surface area contributed by atoms with Crippen LogP contribution in [-0.2, 0) is 0 Å². The fourth-order valence-electron chi connectivity index (χ4n) is 1.04. The van der Waals surface area contributed by atoms with Crippen LogP contribution >= 0.6 is 0 Å². The lowest BCUT2D eigenvalue weighted by Gasteiger charge is -2.04. The molecule has 0 saturated heterocycles. The van der Waals surface area contributed by atoms with E-state index in [2.05, 4.69) is 5.16 Å². The molecule has 0 saturated carbocycles. The van der Waals surface area contributed by atoms with Crippen LogP contribution in [0, 0.1) is 0 Å². The van der Waals surface area contributed by atoms with E-state index in [1.54, 1.807) is 6.07 Å². The van der Waals surface area contributed by atoms with Gasteiger partial charge < -0.3 is 15.1 Å². The maximum Gasteiger partial charge on any atom is 0.339 e. The lowest BCUT2D eigenvalue weighted by Crippen LogP contribution is -2.01. The van der Waals surface area contributed by atoms with Gasteiger partial charge in [0, 0.05) is 0 Å². The molecule has 0 radical (unpaired) electrons. The Morgan fingerprint density at radius 2 is 2.29 bits per heavy atom. The first-order valence-corrected chi connectivity index (χ1v) is 3.78. The predicted octanol–water partition coefficient (Wildman–Crippen LogP) is 1.20. The van der Waals surface area contributed by atoms with Gasteiger partial charge in [-0.15, -0.1) is 0 Å². The molecule has 1 aromatic carbocycles. The van der Waals surface area contributed by atoms with Crippen molar-refractivity contribution in [1.82, 2.24) is 0 Å². The van der Waals surface area contributed by atoms with Crippen molar-refractivity contribution < 1.29 is 19.8 Å². The molecule has 2 N–H and O–H groups in total. The molecule has 0 aliphatic heterocycles. The number of aromatic carboxylic acids is 1. The van der Waals surface area contributed by atoms with E-state index in [9.17, 15) is 4.79 Å². The summed E-state index contributed by atoms with van der Waals surface area (Å²) in [6.07, 6.45) is 1.14. The standard InChI is InChI=1S/C9H9NO4/c1-14-8-3-2-6(5-10-13)4-7(8)9(11)12/h2-5,13H,1H3,(H,11,12)/b10-5+. The zero-order chi connectivity index (χ0) is 10.6. The van der Waals surface area contributed by atoms with Gasteiger partial charge in [0.15, 0.2) is 0 Å². The summed E-state index contributed by atoms with van der Waals surface area (Å²) in [5.41, 5.74) is 0.524. The van der Waals surface area contributed by atoms with E-state index in [1.807, 2.05) is 0 Å². The average molecular weight is 195 g/mol. The van der Waals surface area contributed by atoms with Gasteiger partial charge in [0.2, 0.25) is 0 Å². The summed E-state index contributed by atoms with van der Waals surface area (Å²) in [6, 6.07) is 4.45. The molecule has 0 amide bonds. The molecule has 5 heteroatoms. The summed E-state index contributed by atoms with van der Waals surface area (Å²) in [7, 11) is 1.39. The number of ether oxygens (including phenoxy) is 1. The molecule has 0 aliphatic rings. The molecule has 0 fully saturated rings. The van der Waals surface area contributed by atoms with Crippen LogP contribution in [0.15, 0.2) is 23.4 Å². The maximum atomic E-state index is 10.8. The first kappa shape index (κ1) is 10.0. The number of benzene rings is 1. The molecule has 0 bridgehead atoms. The van der Waals surface area contributed by atoms with Gasteiger partial charge >= 0.3 is 5.97 Å². The molecule has 5 nitrogen and oxygen atoms in total. The SMILES string of the molecule is COc1ccc(/C=N/O)cc1C(=O)O. The Bertz CT molecular complexity index is 373. The summed E-state index contributed by atoms with van der Waals surface area (Å²) in [5, 5.41) is 19.9. The van der Waals surface area contributed by atoms with Crippen molar-refractivity contribution in [3.8, 4) is 5.75 Å². The lowest BCUT2D eigenvalue weighted by atomic mass is 10.1. The van der Waals surface area contributed by atoms with Gasteiger partial charge in [0.05, 0.1) is 13.3 Å².